The number of rotatable bonds is 0. The standard InChI is InChI=1S/C9H10O3/c10-8-1-2-9-7(5-8)6-11-3-4-12-9/h1-2,5,10H,3-4,6H2. The summed E-state index contributed by atoms with van der Waals surface area (Å²) in [5, 5.41) is 9.17. The summed E-state index contributed by atoms with van der Waals surface area (Å²) in [4.78, 5) is 0. The lowest BCUT2D eigenvalue weighted by molar-refractivity contribution is 0.107. The van der Waals surface area contributed by atoms with E-state index in [9.17, 15) is 0 Å². The van der Waals surface area contributed by atoms with Gasteiger partial charge in [-0.15, -0.1) is 0 Å². The van der Waals surface area contributed by atoms with Crippen molar-refractivity contribution in [1.29, 1.82) is 0 Å². The van der Waals surface area contributed by atoms with Gasteiger partial charge in [0.2, 0.25) is 0 Å². The molecule has 0 fully saturated rings. The molecule has 0 unspecified atom stereocenters. The molecule has 3 nitrogen and oxygen atoms in total. The predicted molar refractivity (Wildman–Crippen MR) is 43.3 cm³/mol. The van der Waals surface area contributed by atoms with Gasteiger partial charge in [0.25, 0.3) is 0 Å². The molecule has 64 valence electrons. The summed E-state index contributed by atoms with van der Waals surface area (Å²) in [5.41, 5.74) is 0.910. The second-order valence-electron chi connectivity index (χ2n) is 2.69. The number of hydrogen-bond acceptors (Lipinski definition) is 3. The Kier molecular flexibility index (Phi) is 1.87. The summed E-state index contributed by atoms with van der Waals surface area (Å²) in [6.07, 6.45) is 0. The van der Waals surface area contributed by atoms with Gasteiger partial charge in [0.05, 0.1) is 13.2 Å². The van der Waals surface area contributed by atoms with Crippen molar-refractivity contribution in [3.8, 4) is 11.5 Å². The first kappa shape index (κ1) is 7.43. The number of hydrogen-bond donors (Lipinski definition) is 1. The highest BCUT2D eigenvalue weighted by Gasteiger charge is 2.08. The van der Waals surface area contributed by atoms with E-state index in [2.05, 4.69) is 0 Å². The van der Waals surface area contributed by atoms with Crippen molar-refractivity contribution in [2.75, 3.05) is 13.2 Å². The van der Waals surface area contributed by atoms with Gasteiger partial charge in [-0.05, 0) is 18.2 Å². The van der Waals surface area contributed by atoms with Crippen LogP contribution in [0.2, 0.25) is 0 Å². The van der Waals surface area contributed by atoms with E-state index in [1.54, 1.807) is 18.2 Å². The highest BCUT2D eigenvalue weighted by molar-refractivity contribution is 5.39. The lowest BCUT2D eigenvalue weighted by Crippen LogP contribution is -2.00. The van der Waals surface area contributed by atoms with Crippen LogP contribution in [0.5, 0.6) is 11.5 Å². The van der Waals surface area contributed by atoms with E-state index in [-0.39, 0.29) is 5.75 Å². The monoisotopic (exact) mass is 166 g/mol. The molecule has 0 aliphatic carbocycles. The largest absolute Gasteiger partial charge is 0.508 e. The normalized spacial score (nSPS) is 16.0. The molecule has 0 saturated heterocycles. The number of ether oxygens (including phenoxy) is 2. The van der Waals surface area contributed by atoms with Gasteiger partial charge in [-0.3, -0.25) is 0 Å². The van der Waals surface area contributed by atoms with Crippen LogP contribution in [-0.2, 0) is 11.3 Å². The first-order valence-corrected chi connectivity index (χ1v) is 3.89. The van der Waals surface area contributed by atoms with Crippen LogP contribution in [0, 0.1) is 0 Å². The summed E-state index contributed by atoms with van der Waals surface area (Å²) >= 11 is 0. The Hall–Kier alpha value is -1.22. The van der Waals surface area contributed by atoms with Gasteiger partial charge >= 0.3 is 0 Å². The molecule has 0 spiro atoms. The van der Waals surface area contributed by atoms with Gasteiger partial charge in [-0.1, -0.05) is 0 Å². The minimum atomic E-state index is 0.253. The van der Waals surface area contributed by atoms with E-state index in [1.807, 2.05) is 0 Å². The molecule has 1 aromatic carbocycles. The third kappa shape index (κ3) is 1.36. The zero-order valence-corrected chi connectivity index (χ0v) is 6.62. The molecule has 2 rings (SSSR count). The number of fused-ring (bicyclic) bond motifs is 1. The van der Waals surface area contributed by atoms with Crippen molar-refractivity contribution < 1.29 is 14.6 Å². The van der Waals surface area contributed by atoms with Crippen LogP contribution < -0.4 is 4.74 Å². The maximum Gasteiger partial charge on any atom is 0.125 e. The molecule has 0 amide bonds. The Bertz CT molecular complexity index is 283. The van der Waals surface area contributed by atoms with Gasteiger partial charge in [0.15, 0.2) is 0 Å². The fourth-order valence-electron chi connectivity index (χ4n) is 1.21. The molecule has 1 aliphatic rings. The van der Waals surface area contributed by atoms with Crippen LogP contribution in [0.4, 0.5) is 0 Å². The van der Waals surface area contributed by atoms with Crippen molar-refractivity contribution in [1.82, 2.24) is 0 Å². The summed E-state index contributed by atoms with van der Waals surface area (Å²) in [6.45, 7) is 1.71. The minimum absolute atomic E-state index is 0.253. The van der Waals surface area contributed by atoms with E-state index in [0.29, 0.717) is 19.8 Å². The van der Waals surface area contributed by atoms with Crippen LogP contribution in [0.3, 0.4) is 0 Å². The van der Waals surface area contributed by atoms with Crippen molar-refractivity contribution in [2.24, 2.45) is 0 Å². The smallest absolute Gasteiger partial charge is 0.125 e. The van der Waals surface area contributed by atoms with Gasteiger partial charge < -0.3 is 14.6 Å². The highest BCUT2D eigenvalue weighted by Crippen LogP contribution is 2.25. The molecule has 0 saturated carbocycles. The third-order valence-electron chi connectivity index (χ3n) is 1.79. The molecule has 0 radical (unpaired) electrons. The van der Waals surface area contributed by atoms with Gasteiger partial charge in [0.1, 0.15) is 18.1 Å². The van der Waals surface area contributed by atoms with E-state index in [1.165, 1.54) is 0 Å². The van der Waals surface area contributed by atoms with Crippen molar-refractivity contribution in [2.45, 2.75) is 6.61 Å². The molecule has 1 aliphatic heterocycles. The van der Waals surface area contributed by atoms with Gasteiger partial charge in [-0.2, -0.15) is 0 Å². The average Bonchev–Trinajstić information content (AvgIpc) is 2.28. The summed E-state index contributed by atoms with van der Waals surface area (Å²) < 4.78 is 10.6. The molecule has 0 atom stereocenters. The Balaban J connectivity index is 2.36. The number of phenolic OH excluding ortho intramolecular Hbond substituents is 1. The zero-order valence-electron chi connectivity index (χ0n) is 6.62. The van der Waals surface area contributed by atoms with Crippen LogP contribution in [-0.4, -0.2) is 18.3 Å². The first-order chi connectivity index (χ1) is 5.86. The first-order valence-electron chi connectivity index (χ1n) is 3.89. The number of aromatic hydroxyl groups is 1. The lowest BCUT2D eigenvalue weighted by Gasteiger charge is -2.04. The van der Waals surface area contributed by atoms with E-state index < -0.39 is 0 Å². The minimum Gasteiger partial charge on any atom is -0.508 e. The molecule has 1 heterocycles. The quantitative estimate of drug-likeness (QED) is 0.631. The topological polar surface area (TPSA) is 38.7 Å². The Labute approximate surface area is 70.5 Å². The van der Waals surface area contributed by atoms with Gasteiger partial charge in [0, 0.05) is 5.56 Å². The lowest BCUT2D eigenvalue weighted by atomic mass is 10.2. The van der Waals surface area contributed by atoms with E-state index >= 15 is 0 Å². The number of phenols is 1. The molecule has 1 N–H and O–H groups in total. The summed E-state index contributed by atoms with van der Waals surface area (Å²) in [6, 6.07) is 5.05. The maximum atomic E-state index is 9.17. The van der Waals surface area contributed by atoms with Crippen LogP contribution in [0.25, 0.3) is 0 Å². The second kappa shape index (κ2) is 3.03. The third-order valence-corrected chi connectivity index (χ3v) is 1.79. The Morgan fingerprint density at radius 1 is 1.25 bits per heavy atom. The maximum absolute atomic E-state index is 9.17. The Morgan fingerprint density at radius 3 is 3.08 bits per heavy atom. The molecule has 0 aromatic heterocycles. The van der Waals surface area contributed by atoms with Crippen molar-refractivity contribution in [3.63, 3.8) is 0 Å². The zero-order chi connectivity index (χ0) is 8.39. The van der Waals surface area contributed by atoms with Crippen LogP contribution in [0.15, 0.2) is 18.2 Å². The highest BCUT2D eigenvalue weighted by atomic mass is 16.5. The summed E-state index contributed by atoms with van der Waals surface area (Å²) in [7, 11) is 0. The Morgan fingerprint density at radius 2 is 2.17 bits per heavy atom. The molecule has 1 aromatic rings. The molecule has 12 heavy (non-hydrogen) atoms. The fourth-order valence-corrected chi connectivity index (χ4v) is 1.21. The average molecular weight is 166 g/mol. The fraction of sp³-hybridized carbons (Fsp3) is 0.333. The van der Waals surface area contributed by atoms with Crippen LogP contribution >= 0.6 is 0 Å². The van der Waals surface area contributed by atoms with E-state index in [0.717, 1.165) is 11.3 Å². The SMILES string of the molecule is Oc1ccc2c(c1)COCCO2. The molecule has 0 bridgehead atoms. The molecule has 3 heteroatoms. The van der Waals surface area contributed by atoms with Crippen molar-refractivity contribution >= 4 is 0 Å². The van der Waals surface area contributed by atoms with E-state index in [4.69, 9.17) is 14.6 Å². The predicted octanol–water partition coefficient (Wildman–Crippen LogP) is 1.30. The second-order valence-corrected chi connectivity index (χ2v) is 2.69. The van der Waals surface area contributed by atoms with Crippen LogP contribution in [0.1, 0.15) is 5.56 Å². The summed E-state index contributed by atoms with van der Waals surface area (Å²) in [5.74, 6) is 1.06. The van der Waals surface area contributed by atoms with Crippen molar-refractivity contribution in [3.05, 3.63) is 23.8 Å². The molecular weight excluding hydrogens is 156 g/mol. The number of benzene rings is 1. The van der Waals surface area contributed by atoms with Gasteiger partial charge in [-0.25, -0.2) is 0 Å². The molecular formula is C9H10O3.